The van der Waals surface area contributed by atoms with E-state index in [-0.39, 0.29) is 22.2 Å². The molecule has 47 heavy (non-hydrogen) atoms. The van der Waals surface area contributed by atoms with Crippen LogP contribution in [0.15, 0.2) is 72.3 Å². The Morgan fingerprint density at radius 3 is 2.40 bits per heavy atom. The Balaban J connectivity index is 1.54. The van der Waals surface area contributed by atoms with E-state index in [4.69, 9.17) is 14.2 Å². The van der Waals surface area contributed by atoms with E-state index in [0.29, 0.717) is 52.2 Å². The third-order valence-electron chi connectivity index (χ3n) is 7.88. The molecule has 3 aromatic carbocycles. The molecule has 0 spiro atoms. The van der Waals surface area contributed by atoms with Crippen LogP contribution in [0.5, 0.6) is 17.2 Å². The lowest BCUT2D eigenvalue weighted by Crippen LogP contribution is -2.29. The van der Waals surface area contributed by atoms with E-state index >= 15 is 0 Å². The molecule has 1 aliphatic heterocycles. The van der Waals surface area contributed by atoms with Crippen LogP contribution in [-0.4, -0.2) is 41.3 Å². The van der Waals surface area contributed by atoms with E-state index < -0.39 is 17.7 Å². The Morgan fingerprint density at radius 2 is 1.74 bits per heavy atom. The molecule has 4 aromatic rings. The standard InChI is InChI=1S/C37H38N2O7S/c1-6-7-8-18-45-29-17-14-27(20-30(29)44-5)32-31(34(42)36(43)39(32)37-38-23(3)35(47-37)24(4)40)33(41)26-12-15-28(16-13-26)46-21-25-11-9-10-22(2)19-25/h9-17,19-20,32,41H,6-8,18,21H2,1-5H3. The number of benzene rings is 3. The summed E-state index contributed by atoms with van der Waals surface area (Å²) >= 11 is 1.03. The quantitative estimate of drug-likeness (QED) is 0.0512. The molecule has 1 amide bonds. The van der Waals surface area contributed by atoms with Gasteiger partial charge in [-0.25, -0.2) is 4.98 Å². The molecule has 2 heterocycles. The van der Waals surface area contributed by atoms with Gasteiger partial charge in [-0.15, -0.1) is 0 Å². The summed E-state index contributed by atoms with van der Waals surface area (Å²) in [5.41, 5.74) is 3.33. The fraction of sp³-hybridized carbons (Fsp3) is 0.297. The first-order chi connectivity index (χ1) is 22.6. The molecule has 244 valence electrons. The van der Waals surface area contributed by atoms with Gasteiger partial charge in [0.2, 0.25) is 0 Å². The van der Waals surface area contributed by atoms with Gasteiger partial charge < -0.3 is 19.3 Å². The molecule has 9 nitrogen and oxygen atoms in total. The van der Waals surface area contributed by atoms with Gasteiger partial charge in [-0.2, -0.15) is 0 Å². The fourth-order valence-corrected chi connectivity index (χ4v) is 6.49. The second-order valence-electron chi connectivity index (χ2n) is 11.4. The van der Waals surface area contributed by atoms with Gasteiger partial charge in [0.15, 0.2) is 22.4 Å². The summed E-state index contributed by atoms with van der Waals surface area (Å²) in [4.78, 5) is 45.8. The molecule has 1 aromatic heterocycles. The minimum Gasteiger partial charge on any atom is -0.507 e. The second kappa shape index (κ2) is 14.6. The lowest BCUT2D eigenvalue weighted by Gasteiger charge is -2.24. The van der Waals surface area contributed by atoms with Crippen LogP contribution >= 0.6 is 11.3 Å². The first kappa shape index (κ1) is 33.4. The van der Waals surface area contributed by atoms with Crippen molar-refractivity contribution in [3.8, 4) is 17.2 Å². The molecule has 1 aliphatic rings. The molecule has 0 aliphatic carbocycles. The van der Waals surface area contributed by atoms with Crippen molar-refractivity contribution >= 4 is 39.7 Å². The monoisotopic (exact) mass is 654 g/mol. The van der Waals surface area contributed by atoms with Gasteiger partial charge in [0.1, 0.15) is 18.1 Å². The molecule has 1 unspecified atom stereocenters. The van der Waals surface area contributed by atoms with E-state index in [9.17, 15) is 19.5 Å². The molecule has 5 rings (SSSR count). The predicted molar refractivity (Wildman–Crippen MR) is 182 cm³/mol. The number of aromatic nitrogens is 1. The minimum absolute atomic E-state index is 0.112. The fourth-order valence-electron chi connectivity index (χ4n) is 5.50. The largest absolute Gasteiger partial charge is 0.507 e. The summed E-state index contributed by atoms with van der Waals surface area (Å²) in [6, 6.07) is 18.8. The average molecular weight is 655 g/mol. The number of ether oxygens (including phenoxy) is 3. The van der Waals surface area contributed by atoms with E-state index in [2.05, 4.69) is 11.9 Å². The summed E-state index contributed by atoms with van der Waals surface area (Å²) in [5.74, 6) is -0.764. The maximum atomic E-state index is 13.7. The lowest BCUT2D eigenvalue weighted by atomic mass is 9.95. The molecule has 1 atom stereocenters. The van der Waals surface area contributed by atoms with Crippen LogP contribution in [0.3, 0.4) is 0 Å². The average Bonchev–Trinajstić information content (AvgIpc) is 3.58. The van der Waals surface area contributed by atoms with Crippen LogP contribution in [0, 0.1) is 13.8 Å². The number of carbonyl (C=O) groups is 3. The van der Waals surface area contributed by atoms with Crippen molar-refractivity contribution in [1.29, 1.82) is 0 Å². The zero-order valence-electron chi connectivity index (χ0n) is 27.2. The number of anilines is 1. The Labute approximate surface area is 278 Å². The van der Waals surface area contributed by atoms with E-state index in [0.717, 1.165) is 41.7 Å². The van der Waals surface area contributed by atoms with Gasteiger partial charge in [0.25, 0.3) is 5.78 Å². The van der Waals surface area contributed by atoms with Crippen molar-refractivity contribution in [3.63, 3.8) is 0 Å². The molecular weight excluding hydrogens is 616 g/mol. The third-order valence-corrected chi connectivity index (χ3v) is 9.14. The van der Waals surface area contributed by atoms with Crippen LogP contribution in [0.1, 0.15) is 76.8 Å². The molecule has 0 bridgehead atoms. The highest BCUT2D eigenvalue weighted by Crippen LogP contribution is 2.45. The predicted octanol–water partition coefficient (Wildman–Crippen LogP) is 7.75. The Bertz CT molecular complexity index is 1830. The van der Waals surface area contributed by atoms with Gasteiger partial charge >= 0.3 is 5.91 Å². The summed E-state index contributed by atoms with van der Waals surface area (Å²) < 4.78 is 17.5. The van der Waals surface area contributed by atoms with Gasteiger partial charge in [0, 0.05) is 12.5 Å². The molecule has 1 N–H and O–H groups in total. The normalized spacial score (nSPS) is 15.6. The minimum atomic E-state index is -1.05. The first-order valence-corrected chi connectivity index (χ1v) is 16.3. The number of amides is 1. The Hall–Kier alpha value is -4.96. The van der Waals surface area contributed by atoms with Crippen LogP contribution in [0.2, 0.25) is 0 Å². The topological polar surface area (TPSA) is 115 Å². The number of carbonyl (C=O) groups excluding carboxylic acids is 3. The molecule has 0 radical (unpaired) electrons. The van der Waals surface area contributed by atoms with Crippen LogP contribution < -0.4 is 19.1 Å². The van der Waals surface area contributed by atoms with E-state index in [1.807, 2.05) is 31.2 Å². The zero-order valence-corrected chi connectivity index (χ0v) is 28.0. The van der Waals surface area contributed by atoms with E-state index in [1.165, 1.54) is 18.9 Å². The maximum Gasteiger partial charge on any atom is 0.301 e. The van der Waals surface area contributed by atoms with Crippen molar-refractivity contribution in [2.24, 2.45) is 0 Å². The molecule has 0 saturated carbocycles. The summed E-state index contributed by atoms with van der Waals surface area (Å²) in [7, 11) is 1.51. The number of rotatable bonds is 13. The molecule has 10 heteroatoms. The number of aliphatic hydroxyl groups excluding tert-OH is 1. The number of methoxy groups -OCH3 is 1. The number of aliphatic hydroxyl groups is 1. The van der Waals surface area contributed by atoms with Crippen molar-refractivity contribution in [3.05, 3.63) is 105 Å². The lowest BCUT2D eigenvalue weighted by molar-refractivity contribution is -0.132. The number of ketones is 2. The van der Waals surface area contributed by atoms with Crippen molar-refractivity contribution in [1.82, 2.24) is 4.98 Å². The summed E-state index contributed by atoms with van der Waals surface area (Å²) in [6.07, 6.45) is 2.98. The molecular formula is C37H38N2O7S. The maximum absolute atomic E-state index is 13.7. The number of aryl methyl sites for hydroxylation is 2. The van der Waals surface area contributed by atoms with Gasteiger partial charge in [-0.1, -0.05) is 67.0 Å². The van der Waals surface area contributed by atoms with Crippen LogP contribution in [-0.2, 0) is 16.2 Å². The summed E-state index contributed by atoms with van der Waals surface area (Å²) in [6.45, 7) is 8.12. The number of hydrogen-bond acceptors (Lipinski definition) is 9. The van der Waals surface area contributed by atoms with Crippen molar-refractivity contribution in [2.75, 3.05) is 18.6 Å². The van der Waals surface area contributed by atoms with Crippen molar-refractivity contribution in [2.45, 2.75) is 59.6 Å². The highest BCUT2D eigenvalue weighted by atomic mass is 32.1. The smallest absolute Gasteiger partial charge is 0.301 e. The van der Waals surface area contributed by atoms with Crippen LogP contribution in [0.25, 0.3) is 5.76 Å². The zero-order chi connectivity index (χ0) is 33.7. The Morgan fingerprint density at radius 1 is 0.979 bits per heavy atom. The van der Waals surface area contributed by atoms with Crippen molar-refractivity contribution < 1.29 is 33.7 Å². The molecule has 1 fully saturated rings. The molecule has 1 saturated heterocycles. The number of Topliss-reactive ketones (excluding diaryl/α,β-unsaturated/α-hetero) is 2. The number of thiazole rings is 1. The van der Waals surface area contributed by atoms with Gasteiger partial charge in [-0.3, -0.25) is 19.3 Å². The first-order valence-electron chi connectivity index (χ1n) is 15.5. The highest BCUT2D eigenvalue weighted by Gasteiger charge is 2.48. The van der Waals surface area contributed by atoms with E-state index in [1.54, 1.807) is 49.4 Å². The van der Waals surface area contributed by atoms with Crippen LogP contribution in [0.4, 0.5) is 5.13 Å². The highest BCUT2D eigenvalue weighted by molar-refractivity contribution is 7.18. The SMILES string of the molecule is CCCCCOc1ccc(C2C(=C(O)c3ccc(OCc4cccc(C)c4)cc3)C(=O)C(=O)N2c2nc(C)c(C(C)=O)s2)cc1OC. The summed E-state index contributed by atoms with van der Waals surface area (Å²) in [5, 5.41) is 11.8. The second-order valence-corrected chi connectivity index (χ2v) is 12.4. The Kier molecular flexibility index (Phi) is 10.4. The van der Waals surface area contributed by atoms with Gasteiger partial charge in [0.05, 0.1) is 35.9 Å². The number of nitrogens with zero attached hydrogens (tertiary/aromatic N) is 2. The number of unbranched alkanes of at least 4 members (excludes halogenated alkanes) is 2. The third kappa shape index (κ3) is 7.23. The number of hydrogen-bond donors (Lipinski definition) is 1. The van der Waals surface area contributed by atoms with Gasteiger partial charge in [-0.05, 0) is 67.8 Å².